The fraction of sp³-hybridized carbons (Fsp3) is 0.385. The van der Waals surface area contributed by atoms with Crippen LogP contribution >= 0.6 is 0 Å². The molecular formula is C26H32N2O3. The molecule has 1 saturated heterocycles. The van der Waals surface area contributed by atoms with Gasteiger partial charge in [0.25, 0.3) is 0 Å². The van der Waals surface area contributed by atoms with Crippen LogP contribution in [0.25, 0.3) is 5.57 Å². The number of carbonyl (C=O) groups excluding carboxylic acids is 1. The number of carboxylic acids is 1. The molecule has 1 heterocycles. The van der Waals surface area contributed by atoms with Crippen molar-refractivity contribution in [2.45, 2.75) is 46.0 Å². The predicted octanol–water partition coefficient (Wildman–Crippen LogP) is 5.07. The van der Waals surface area contributed by atoms with Gasteiger partial charge in [-0.15, -0.1) is 0 Å². The van der Waals surface area contributed by atoms with Gasteiger partial charge in [-0.25, -0.2) is 4.79 Å². The Morgan fingerprint density at radius 1 is 1.16 bits per heavy atom. The van der Waals surface area contributed by atoms with Crippen LogP contribution in [0.5, 0.6) is 0 Å². The van der Waals surface area contributed by atoms with E-state index in [2.05, 4.69) is 37.0 Å². The van der Waals surface area contributed by atoms with E-state index in [-0.39, 0.29) is 11.0 Å². The lowest BCUT2D eigenvalue weighted by Gasteiger charge is -2.40. The standard InChI is InChI=1S/C26H32N2O3/c1-4-8-21(23(24(27)29)18-11-13-19(14-12-18)25(30)31)20-9-5-6-10-22(20)28-16-7-15-26(2,3)17-28/h5-6,8-14,23H,4,7,15-17H2,1-3H3,(H2,27,29)(H,30,31)/b21-8+. The largest absolute Gasteiger partial charge is 0.478 e. The van der Waals surface area contributed by atoms with Gasteiger partial charge in [-0.05, 0) is 54.0 Å². The van der Waals surface area contributed by atoms with Crippen molar-refractivity contribution in [1.82, 2.24) is 0 Å². The average molecular weight is 421 g/mol. The molecule has 1 unspecified atom stereocenters. The maximum Gasteiger partial charge on any atom is 0.335 e. The molecule has 2 aromatic carbocycles. The van der Waals surface area contributed by atoms with Crippen molar-refractivity contribution >= 4 is 23.1 Å². The van der Waals surface area contributed by atoms with Gasteiger partial charge >= 0.3 is 5.97 Å². The summed E-state index contributed by atoms with van der Waals surface area (Å²) in [6.07, 6.45) is 5.15. The molecule has 0 saturated carbocycles. The van der Waals surface area contributed by atoms with Crippen LogP contribution < -0.4 is 10.6 Å². The molecule has 3 rings (SSSR count). The summed E-state index contributed by atoms with van der Waals surface area (Å²) >= 11 is 0. The molecule has 0 aliphatic carbocycles. The van der Waals surface area contributed by atoms with Gasteiger partial charge in [-0.3, -0.25) is 4.79 Å². The summed E-state index contributed by atoms with van der Waals surface area (Å²) in [7, 11) is 0. The molecule has 1 aliphatic heterocycles. The number of hydrogen-bond acceptors (Lipinski definition) is 3. The van der Waals surface area contributed by atoms with Gasteiger partial charge in [-0.2, -0.15) is 0 Å². The number of aromatic carboxylic acids is 1. The van der Waals surface area contributed by atoms with Crippen LogP contribution in [0.2, 0.25) is 0 Å². The van der Waals surface area contributed by atoms with Crippen molar-refractivity contribution in [3.05, 3.63) is 71.3 Å². The molecule has 0 bridgehead atoms. The van der Waals surface area contributed by atoms with Gasteiger partial charge in [-0.1, -0.05) is 57.2 Å². The SMILES string of the molecule is CC/C=C(\c1ccccc1N1CCCC(C)(C)C1)C(C(N)=O)c1ccc(C(=O)O)cc1. The van der Waals surface area contributed by atoms with E-state index >= 15 is 0 Å². The first-order chi connectivity index (χ1) is 14.7. The minimum Gasteiger partial charge on any atom is -0.478 e. The predicted molar refractivity (Wildman–Crippen MR) is 125 cm³/mol. The molecule has 3 N–H and O–H groups in total. The summed E-state index contributed by atoms with van der Waals surface area (Å²) in [5, 5.41) is 9.21. The van der Waals surface area contributed by atoms with Crippen LogP contribution in [0, 0.1) is 5.41 Å². The van der Waals surface area contributed by atoms with Gasteiger partial charge in [0.05, 0.1) is 11.5 Å². The maximum absolute atomic E-state index is 12.7. The first-order valence-electron chi connectivity index (χ1n) is 10.9. The molecule has 5 nitrogen and oxygen atoms in total. The fourth-order valence-electron chi connectivity index (χ4n) is 4.54. The highest BCUT2D eigenvalue weighted by atomic mass is 16.4. The summed E-state index contributed by atoms with van der Waals surface area (Å²) in [4.78, 5) is 26.3. The minimum atomic E-state index is -0.996. The molecule has 0 aromatic heterocycles. The second kappa shape index (κ2) is 9.38. The molecule has 1 amide bonds. The van der Waals surface area contributed by atoms with Crippen LogP contribution in [0.4, 0.5) is 5.69 Å². The summed E-state index contributed by atoms with van der Waals surface area (Å²) < 4.78 is 0. The first kappa shape index (κ1) is 22.6. The van der Waals surface area contributed by atoms with Crippen molar-refractivity contribution in [3.63, 3.8) is 0 Å². The third-order valence-electron chi connectivity index (χ3n) is 5.97. The van der Waals surface area contributed by atoms with Gasteiger partial charge in [0.15, 0.2) is 0 Å². The highest BCUT2D eigenvalue weighted by molar-refractivity contribution is 5.98. The Balaban J connectivity index is 2.08. The van der Waals surface area contributed by atoms with E-state index in [9.17, 15) is 14.7 Å². The minimum absolute atomic E-state index is 0.184. The summed E-state index contributed by atoms with van der Waals surface area (Å²) in [6, 6.07) is 14.6. The molecule has 5 heteroatoms. The van der Waals surface area contributed by atoms with E-state index in [0.717, 1.165) is 42.8 Å². The molecule has 1 fully saturated rings. The number of allylic oxidation sites excluding steroid dienone is 1. The number of rotatable bonds is 7. The lowest BCUT2D eigenvalue weighted by Crippen LogP contribution is -2.40. The summed E-state index contributed by atoms with van der Waals surface area (Å²) in [5.41, 5.74) is 10.0. The lowest BCUT2D eigenvalue weighted by atomic mass is 9.82. The number of piperidine rings is 1. The number of nitrogens with two attached hydrogens (primary N) is 1. The molecule has 2 aromatic rings. The van der Waals surface area contributed by atoms with Gasteiger partial charge in [0.2, 0.25) is 5.91 Å². The fourth-order valence-corrected chi connectivity index (χ4v) is 4.54. The smallest absolute Gasteiger partial charge is 0.335 e. The Bertz CT molecular complexity index is 976. The Morgan fingerprint density at radius 2 is 1.84 bits per heavy atom. The highest BCUT2D eigenvalue weighted by Gasteiger charge is 2.30. The summed E-state index contributed by atoms with van der Waals surface area (Å²) in [6.45, 7) is 8.56. The second-order valence-electron chi connectivity index (χ2n) is 9.04. The zero-order chi connectivity index (χ0) is 22.6. The van der Waals surface area contributed by atoms with Crippen LogP contribution in [0.3, 0.4) is 0 Å². The van der Waals surface area contributed by atoms with Crippen LogP contribution in [0.15, 0.2) is 54.6 Å². The van der Waals surface area contributed by atoms with Gasteiger partial charge < -0.3 is 15.7 Å². The molecule has 31 heavy (non-hydrogen) atoms. The number of para-hydroxylation sites is 1. The van der Waals surface area contributed by atoms with Gasteiger partial charge in [0, 0.05) is 24.3 Å². The third-order valence-corrected chi connectivity index (χ3v) is 5.97. The number of nitrogens with zero attached hydrogens (tertiary/aromatic N) is 1. The third kappa shape index (κ3) is 5.16. The van der Waals surface area contributed by atoms with Crippen LogP contribution in [-0.4, -0.2) is 30.1 Å². The molecule has 1 atom stereocenters. The first-order valence-corrected chi connectivity index (χ1v) is 10.9. The quantitative estimate of drug-likeness (QED) is 0.655. The molecular weight excluding hydrogens is 388 g/mol. The average Bonchev–Trinajstić information content (AvgIpc) is 2.73. The Kier molecular flexibility index (Phi) is 6.84. The van der Waals surface area contributed by atoms with E-state index in [1.165, 1.54) is 18.6 Å². The number of hydrogen-bond donors (Lipinski definition) is 2. The van der Waals surface area contributed by atoms with Crippen molar-refractivity contribution in [3.8, 4) is 0 Å². The second-order valence-corrected chi connectivity index (χ2v) is 9.04. The van der Waals surface area contributed by atoms with Crippen molar-refractivity contribution in [1.29, 1.82) is 0 Å². The van der Waals surface area contributed by atoms with Crippen molar-refractivity contribution in [2.75, 3.05) is 18.0 Å². The lowest BCUT2D eigenvalue weighted by molar-refractivity contribution is -0.118. The van der Waals surface area contributed by atoms with Crippen LogP contribution in [0.1, 0.15) is 67.4 Å². The van der Waals surface area contributed by atoms with Crippen molar-refractivity contribution < 1.29 is 14.7 Å². The molecule has 1 aliphatic rings. The Morgan fingerprint density at radius 3 is 2.42 bits per heavy atom. The van der Waals surface area contributed by atoms with Crippen molar-refractivity contribution in [2.24, 2.45) is 11.1 Å². The Hall–Kier alpha value is -3.08. The van der Waals surface area contributed by atoms with Gasteiger partial charge in [0.1, 0.15) is 0 Å². The zero-order valence-corrected chi connectivity index (χ0v) is 18.6. The number of anilines is 1. The molecule has 164 valence electrons. The molecule has 0 radical (unpaired) electrons. The van der Waals surface area contributed by atoms with Crippen LogP contribution in [-0.2, 0) is 4.79 Å². The zero-order valence-electron chi connectivity index (χ0n) is 18.6. The monoisotopic (exact) mass is 420 g/mol. The van der Waals surface area contributed by atoms with E-state index < -0.39 is 17.8 Å². The highest BCUT2D eigenvalue weighted by Crippen LogP contribution is 2.40. The number of carboxylic acid groups (broad SMARTS) is 1. The molecule has 0 spiro atoms. The summed E-state index contributed by atoms with van der Waals surface area (Å²) in [5.74, 6) is -2.09. The number of amides is 1. The number of primary amides is 1. The van der Waals surface area contributed by atoms with E-state index in [1.54, 1.807) is 12.1 Å². The maximum atomic E-state index is 12.7. The normalized spacial score (nSPS) is 17.3. The van der Waals surface area contributed by atoms with E-state index in [1.807, 2.05) is 19.1 Å². The Labute approximate surface area is 184 Å². The topological polar surface area (TPSA) is 83.6 Å². The van der Waals surface area contributed by atoms with E-state index in [4.69, 9.17) is 5.73 Å². The van der Waals surface area contributed by atoms with E-state index in [0.29, 0.717) is 5.56 Å². The number of benzene rings is 2. The number of carbonyl (C=O) groups is 2.